The summed E-state index contributed by atoms with van der Waals surface area (Å²) in [4.78, 5) is 13.8. The van der Waals surface area contributed by atoms with Crippen molar-refractivity contribution in [2.45, 2.75) is 31.7 Å². The molecule has 0 aliphatic heterocycles. The van der Waals surface area contributed by atoms with Gasteiger partial charge in [-0.15, -0.1) is 11.6 Å². The molecule has 1 aliphatic rings. The van der Waals surface area contributed by atoms with E-state index in [1.54, 1.807) is 0 Å². The molecule has 116 valence electrons. The Kier molecular flexibility index (Phi) is 4.98. The number of rotatable bonds is 5. The number of alkyl halides is 1. The molecule has 0 spiro atoms. The zero-order valence-electron chi connectivity index (χ0n) is 11.2. The summed E-state index contributed by atoms with van der Waals surface area (Å²) >= 11 is 5.60. The quantitative estimate of drug-likeness (QED) is 0.666. The lowest BCUT2D eigenvalue weighted by Gasteiger charge is -2.37. The van der Waals surface area contributed by atoms with Crippen molar-refractivity contribution in [1.82, 2.24) is 4.90 Å². The van der Waals surface area contributed by atoms with Crippen LogP contribution in [0.25, 0.3) is 0 Å². The summed E-state index contributed by atoms with van der Waals surface area (Å²) in [6.45, 7) is 0.312. The van der Waals surface area contributed by atoms with Crippen molar-refractivity contribution in [3.8, 4) is 5.75 Å². The topological polar surface area (TPSA) is 40.5 Å². The Morgan fingerprint density at radius 3 is 2.52 bits per heavy atom. The van der Waals surface area contributed by atoms with Crippen LogP contribution in [-0.4, -0.2) is 34.4 Å². The van der Waals surface area contributed by atoms with Crippen molar-refractivity contribution in [1.29, 1.82) is 0 Å². The van der Waals surface area contributed by atoms with Gasteiger partial charge in [0, 0.05) is 18.5 Å². The minimum absolute atomic E-state index is 0.0460. The second kappa shape index (κ2) is 6.56. The molecule has 2 rings (SSSR count). The maximum absolute atomic E-state index is 13.8. The molecule has 0 bridgehead atoms. The molecule has 0 saturated heterocycles. The van der Waals surface area contributed by atoms with Gasteiger partial charge in [0.25, 0.3) is 5.91 Å². The van der Waals surface area contributed by atoms with Crippen molar-refractivity contribution in [3.63, 3.8) is 0 Å². The van der Waals surface area contributed by atoms with Crippen molar-refractivity contribution in [3.05, 3.63) is 29.1 Å². The van der Waals surface area contributed by atoms with Gasteiger partial charge >= 0.3 is 0 Å². The lowest BCUT2D eigenvalue weighted by atomic mass is 9.90. The van der Waals surface area contributed by atoms with Crippen LogP contribution in [0.5, 0.6) is 5.75 Å². The molecule has 1 aromatic carbocycles. The van der Waals surface area contributed by atoms with Gasteiger partial charge in [-0.3, -0.25) is 4.79 Å². The Hall–Kier alpha value is -1.43. The summed E-state index contributed by atoms with van der Waals surface area (Å²) in [6.07, 6.45) is 3.04. The molecule has 0 atom stereocenters. The second-order valence-electron chi connectivity index (χ2n) is 5.01. The van der Waals surface area contributed by atoms with E-state index in [4.69, 9.17) is 11.6 Å². The molecule has 21 heavy (non-hydrogen) atoms. The van der Waals surface area contributed by atoms with E-state index in [1.807, 2.05) is 0 Å². The molecular formula is C14H15ClF3NO2. The normalized spacial score (nSPS) is 14.9. The van der Waals surface area contributed by atoms with Gasteiger partial charge in [0.05, 0.1) is 5.56 Å². The van der Waals surface area contributed by atoms with Crippen LogP contribution in [0.15, 0.2) is 6.07 Å². The van der Waals surface area contributed by atoms with E-state index in [9.17, 15) is 23.1 Å². The smallest absolute Gasteiger partial charge is 0.257 e. The van der Waals surface area contributed by atoms with Gasteiger partial charge in [0.2, 0.25) is 5.82 Å². The largest absolute Gasteiger partial charge is 0.503 e. The summed E-state index contributed by atoms with van der Waals surface area (Å²) in [5.74, 6) is -6.47. The van der Waals surface area contributed by atoms with Crippen LogP contribution < -0.4 is 0 Å². The predicted octanol–water partition coefficient (Wildman–Crippen LogP) is 3.43. The molecule has 0 heterocycles. The summed E-state index contributed by atoms with van der Waals surface area (Å²) in [7, 11) is 0. The highest BCUT2D eigenvalue weighted by Crippen LogP contribution is 2.30. The standard InChI is InChI=1S/C14H15ClF3NO2/c15-5-2-6-19(8-3-1-4-8)14(21)9-7-10(16)12(18)13(20)11(9)17/h7-8,20H,1-6H2. The van der Waals surface area contributed by atoms with Crippen molar-refractivity contribution < 1.29 is 23.1 Å². The van der Waals surface area contributed by atoms with E-state index in [1.165, 1.54) is 4.90 Å². The monoisotopic (exact) mass is 321 g/mol. The fourth-order valence-electron chi connectivity index (χ4n) is 2.28. The number of phenolic OH excluding ortho intramolecular Hbond substituents is 1. The first-order valence-corrected chi connectivity index (χ1v) is 7.24. The first-order chi connectivity index (χ1) is 9.97. The lowest BCUT2D eigenvalue weighted by molar-refractivity contribution is 0.0574. The minimum atomic E-state index is -1.69. The van der Waals surface area contributed by atoms with Crippen molar-refractivity contribution in [2.75, 3.05) is 12.4 Å². The summed E-state index contributed by atoms with van der Waals surface area (Å²) < 4.78 is 40.2. The lowest BCUT2D eigenvalue weighted by Crippen LogP contribution is -2.45. The third kappa shape index (κ3) is 3.10. The van der Waals surface area contributed by atoms with Crippen LogP contribution in [0.1, 0.15) is 36.0 Å². The van der Waals surface area contributed by atoms with E-state index in [0.29, 0.717) is 24.9 Å². The number of aromatic hydroxyl groups is 1. The van der Waals surface area contributed by atoms with Crippen molar-refractivity contribution in [2.24, 2.45) is 0 Å². The molecule has 0 unspecified atom stereocenters. The molecule has 1 amide bonds. The van der Waals surface area contributed by atoms with Gasteiger partial charge in [-0.1, -0.05) is 0 Å². The Morgan fingerprint density at radius 1 is 1.33 bits per heavy atom. The summed E-state index contributed by atoms with van der Waals surface area (Å²) in [5.41, 5.74) is -0.659. The second-order valence-corrected chi connectivity index (χ2v) is 5.39. The molecule has 0 radical (unpaired) electrons. The van der Waals surface area contributed by atoms with Gasteiger partial charge in [0.1, 0.15) is 0 Å². The van der Waals surface area contributed by atoms with Crippen LogP contribution in [0.3, 0.4) is 0 Å². The number of carbonyl (C=O) groups is 1. The van der Waals surface area contributed by atoms with E-state index in [-0.39, 0.29) is 6.04 Å². The first kappa shape index (κ1) is 15.9. The summed E-state index contributed by atoms with van der Waals surface area (Å²) in [6, 6.07) is 0.439. The predicted molar refractivity (Wildman–Crippen MR) is 72.0 cm³/mol. The molecule has 1 fully saturated rings. The average molecular weight is 322 g/mol. The molecule has 1 aromatic rings. The van der Waals surface area contributed by atoms with Crippen LogP contribution >= 0.6 is 11.6 Å². The number of nitrogens with zero attached hydrogens (tertiary/aromatic N) is 1. The highest BCUT2D eigenvalue weighted by Gasteiger charge is 2.32. The van der Waals surface area contributed by atoms with Crippen molar-refractivity contribution >= 4 is 17.5 Å². The Bertz CT molecular complexity index is 550. The molecule has 0 aromatic heterocycles. The van der Waals surface area contributed by atoms with Gasteiger partial charge in [0.15, 0.2) is 17.4 Å². The highest BCUT2D eigenvalue weighted by atomic mass is 35.5. The Balaban J connectivity index is 2.32. The molecule has 7 heteroatoms. The van der Waals surface area contributed by atoms with Crippen LogP contribution in [0.2, 0.25) is 0 Å². The van der Waals surface area contributed by atoms with E-state index in [2.05, 4.69) is 0 Å². The van der Waals surface area contributed by atoms with Crippen LogP contribution in [-0.2, 0) is 0 Å². The third-order valence-electron chi connectivity index (χ3n) is 3.67. The number of halogens is 4. The average Bonchev–Trinajstić information content (AvgIpc) is 2.42. The Morgan fingerprint density at radius 2 is 2.00 bits per heavy atom. The van der Waals surface area contributed by atoms with E-state index in [0.717, 1.165) is 19.3 Å². The maximum Gasteiger partial charge on any atom is 0.257 e. The maximum atomic E-state index is 13.8. The third-order valence-corrected chi connectivity index (χ3v) is 3.94. The van der Waals surface area contributed by atoms with Gasteiger partial charge in [-0.25, -0.2) is 8.78 Å². The van der Waals surface area contributed by atoms with Crippen LogP contribution in [0.4, 0.5) is 13.2 Å². The van der Waals surface area contributed by atoms with E-state index >= 15 is 0 Å². The molecular weight excluding hydrogens is 307 g/mol. The zero-order chi connectivity index (χ0) is 15.6. The molecule has 1 saturated carbocycles. The Labute approximate surface area is 125 Å². The van der Waals surface area contributed by atoms with Crippen LogP contribution in [0, 0.1) is 17.5 Å². The number of carbonyl (C=O) groups excluding carboxylic acids is 1. The minimum Gasteiger partial charge on any atom is -0.503 e. The zero-order valence-corrected chi connectivity index (χ0v) is 12.0. The number of hydrogen-bond donors (Lipinski definition) is 1. The molecule has 3 nitrogen and oxygen atoms in total. The molecule has 1 N–H and O–H groups in total. The fraction of sp³-hybridized carbons (Fsp3) is 0.500. The van der Waals surface area contributed by atoms with E-state index < -0.39 is 34.7 Å². The SMILES string of the molecule is O=C(c1cc(F)c(F)c(O)c1F)N(CCCCl)C1CCC1. The highest BCUT2D eigenvalue weighted by molar-refractivity contribution is 6.17. The summed E-state index contributed by atoms with van der Waals surface area (Å²) in [5, 5.41) is 9.20. The van der Waals surface area contributed by atoms with Gasteiger partial charge in [-0.05, 0) is 31.7 Å². The molecule has 1 aliphatic carbocycles. The first-order valence-electron chi connectivity index (χ1n) is 6.70. The van der Waals surface area contributed by atoms with Gasteiger partial charge < -0.3 is 10.0 Å². The number of hydrogen-bond acceptors (Lipinski definition) is 2. The number of phenols is 1. The number of amides is 1. The number of benzene rings is 1. The fourth-order valence-corrected chi connectivity index (χ4v) is 2.40. The van der Waals surface area contributed by atoms with Gasteiger partial charge in [-0.2, -0.15) is 4.39 Å².